The minimum absolute atomic E-state index is 0.0172. The van der Waals surface area contributed by atoms with Crippen LogP contribution in [0.15, 0.2) is 24.3 Å². The molecule has 0 saturated carbocycles. The van der Waals surface area contributed by atoms with E-state index < -0.39 is 6.36 Å². The van der Waals surface area contributed by atoms with Crippen molar-refractivity contribution in [2.24, 2.45) is 0 Å². The smallest absolute Gasteiger partial charge is 0.406 e. The lowest BCUT2D eigenvalue weighted by atomic mass is 10.1. The summed E-state index contributed by atoms with van der Waals surface area (Å²) in [5.41, 5.74) is 0.821. The van der Waals surface area contributed by atoms with Gasteiger partial charge in [-0.15, -0.1) is 13.2 Å². The van der Waals surface area contributed by atoms with E-state index in [0.717, 1.165) is 5.56 Å². The summed E-state index contributed by atoms with van der Waals surface area (Å²) in [6.45, 7) is 2.37. The number of hydrogen-bond acceptors (Lipinski definition) is 3. The molecule has 1 atom stereocenters. The van der Waals surface area contributed by atoms with Gasteiger partial charge in [-0.05, 0) is 24.6 Å². The first-order valence-corrected chi connectivity index (χ1v) is 6.48. The van der Waals surface area contributed by atoms with Gasteiger partial charge in [0.1, 0.15) is 5.75 Å². The molecule has 1 N–H and O–H groups in total. The molecule has 0 saturated heterocycles. The zero-order valence-corrected chi connectivity index (χ0v) is 12.2. The molecule has 1 amide bonds. The Balaban J connectivity index is 2.48. The molecule has 0 aliphatic heterocycles. The number of halogens is 3. The average molecular weight is 304 g/mol. The number of nitrogens with zero attached hydrogens (tertiary/aromatic N) is 1. The molecule has 0 fully saturated rings. The maximum atomic E-state index is 12.0. The fourth-order valence-electron chi connectivity index (χ4n) is 1.70. The Bertz CT molecular complexity index is 458. The molecule has 0 radical (unpaired) electrons. The third kappa shape index (κ3) is 6.48. The lowest BCUT2D eigenvalue weighted by Gasteiger charge is -2.16. The maximum absolute atomic E-state index is 12.0. The second-order valence-corrected chi connectivity index (χ2v) is 4.83. The van der Waals surface area contributed by atoms with Crippen LogP contribution in [0, 0.1) is 0 Å². The van der Waals surface area contributed by atoms with Crippen molar-refractivity contribution >= 4 is 5.91 Å². The topological polar surface area (TPSA) is 41.6 Å². The van der Waals surface area contributed by atoms with Crippen LogP contribution in [0.5, 0.6) is 5.75 Å². The highest BCUT2D eigenvalue weighted by molar-refractivity contribution is 5.75. The first-order valence-electron chi connectivity index (χ1n) is 6.48. The van der Waals surface area contributed by atoms with E-state index in [-0.39, 0.29) is 17.7 Å². The monoisotopic (exact) mass is 304 g/mol. The van der Waals surface area contributed by atoms with Crippen LogP contribution in [0.25, 0.3) is 0 Å². The number of carbonyl (C=O) groups is 1. The van der Waals surface area contributed by atoms with Crippen molar-refractivity contribution in [2.45, 2.75) is 25.7 Å². The van der Waals surface area contributed by atoms with E-state index in [9.17, 15) is 18.0 Å². The van der Waals surface area contributed by atoms with Crippen LogP contribution < -0.4 is 10.1 Å². The van der Waals surface area contributed by atoms with Gasteiger partial charge in [0.05, 0.1) is 0 Å². The molecule has 21 heavy (non-hydrogen) atoms. The fraction of sp³-hybridized carbons (Fsp3) is 0.500. The predicted molar refractivity (Wildman–Crippen MR) is 72.9 cm³/mol. The van der Waals surface area contributed by atoms with Gasteiger partial charge in [0.2, 0.25) is 5.91 Å². The molecule has 1 rings (SSSR count). The van der Waals surface area contributed by atoms with Crippen molar-refractivity contribution in [3.05, 3.63) is 29.8 Å². The summed E-state index contributed by atoms with van der Waals surface area (Å²) >= 11 is 0. The molecule has 1 aromatic rings. The average Bonchev–Trinajstić information content (AvgIpc) is 2.37. The van der Waals surface area contributed by atoms with E-state index >= 15 is 0 Å². The molecule has 0 aliphatic rings. The number of ether oxygens (including phenoxy) is 1. The fourth-order valence-corrected chi connectivity index (χ4v) is 1.70. The molecule has 1 aromatic carbocycles. The third-order valence-electron chi connectivity index (χ3n) is 2.90. The number of hydrogen-bond donors (Lipinski definition) is 1. The summed E-state index contributed by atoms with van der Waals surface area (Å²) in [7, 11) is 3.37. The minimum atomic E-state index is -4.68. The van der Waals surface area contributed by atoms with Gasteiger partial charge >= 0.3 is 6.36 Å². The van der Waals surface area contributed by atoms with Gasteiger partial charge in [0.15, 0.2) is 0 Å². The summed E-state index contributed by atoms with van der Waals surface area (Å²) in [6, 6.07) is 5.59. The van der Waals surface area contributed by atoms with E-state index in [1.165, 1.54) is 17.0 Å². The zero-order valence-electron chi connectivity index (χ0n) is 12.2. The van der Waals surface area contributed by atoms with Crippen LogP contribution in [0.4, 0.5) is 13.2 Å². The third-order valence-corrected chi connectivity index (χ3v) is 2.90. The van der Waals surface area contributed by atoms with E-state index in [0.29, 0.717) is 13.0 Å². The lowest BCUT2D eigenvalue weighted by Crippen LogP contribution is -2.28. The lowest BCUT2D eigenvalue weighted by molar-refractivity contribution is -0.274. The molecule has 0 bridgehead atoms. The van der Waals surface area contributed by atoms with Crippen LogP contribution in [0.3, 0.4) is 0 Å². The number of nitrogens with one attached hydrogen (secondary N) is 1. The summed E-state index contributed by atoms with van der Waals surface area (Å²) in [5.74, 6) is -0.232. The van der Waals surface area contributed by atoms with Gasteiger partial charge in [0, 0.05) is 33.1 Å². The predicted octanol–water partition coefficient (Wildman–Crippen LogP) is 2.71. The van der Waals surface area contributed by atoms with Crippen LogP contribution in [0.2, 0.25) is 0 Å². The zero-order chi connectivity index (χ0) is 16.0. The second-order valence-electron chi connectivity index (χ2n) is 4.83. The summed E-state index contributed by atoms with van der Waals surface area (Å²) < 4.78 is 39.9. The van der Waals surface area contributed by atoms with Crippen molar-refractivity contribution in [3.8, 4) is 5.75 Å². The molecular weight excluding hydrogens is 285 g/mol. The first-order chi connectivity index (χ1) is 9.69. The van der Waals surface area contributed by atoms with Gasteiger partial charge in [-0.25, -0.2) is 0 Å². The number of benzene rings is 1. The SMILES string of the molecule is CC(NCCC(=O)N(C)C)c1ccc(OC(F)(F)F)cc1. The van der Waals surface area contributed by atoms with E-state index in [2.05, 4.69) is 10.1 Å². The van der Waals surface area contributed by atoms with Gasteiger partial charge in [-0.3, -0.25) is 4.79 Å². The summed E-state index contributed by atoms with van der Waals surface area (Å²) in [6.07, 6.45) is -4.31. The van der Waals surface area contributed by atoms with E-state index in [1.807, 2.05) is 6.92 Å². The Morgan fingerprint density at radius 1 is 1.29 bits per heavy atom. The van der Waals surface area contributed by atoms with Crippen molar-refractivity contribution in [2.75, 3.05) is 20.6 Å². The van der Waals surface area contributed by atoms with Crippen molar-refractivity contribution in [1.82, 2.24) is 10.2 Å². The maximum Gasteiger partial charge on any atom is 0.573 e. The highest BCUT2D eigenvalue weighted by atomic mass is 19.4. The van der Waals surface area contributed by atoms with Gasteiger partial charge in [0.25, 0.3) is 0 Å². The Labute approximate surface area is 121 Å². The van der Waals surface area contributed by atoms with Gasteiger partial charge in [-0.1, -0.05) is 12.1 Å². The Morgan fingerprint density at radius 2 is 1.86 bits per heavy atom. The molecule has 0 heterocycles. The van der Waals surface area contributed by atoms with E-state index in [1.54, 1.807) is 26.2 Å². The number of rotatable bonds is 6. The molecule has 4 nitrogen and oxygen atoms in total. The van der Waals surface area contributed by atoms with Crippen LogP contribution in [-0.4, -0.2) is 37.8 Å². The number of carbonyl (C=O) groups excluding carboxylic acids is 1. The highest BCUT2D eigenvalue weighted by Gasteiger charge is 2.30. The molecule has 0 spiro atoms. The molecule has 0 aliphatic carbocycles. The van der Waals surface area contributed by atoms with Gasteiger partial charge in [-0.2, -0.15) is 0 Å². The first kappa shape index (κ1) is 17.3. The molecule has 0 aromatic heterocycles. The molecule has 118 valence electrons. The quantitative estimate of drug-likeness (QED) is 0.878. The number of alkyl halides is 3. The van der Waals surface area contributed by atoms with E-state index in [4.69, 9.17) is 0 Å². The largest absolute Gasteiger partial charge is 0.573 e. The Kier molecular flexibility index (Phi) is 6.02. The van der Waals surface area contributed by atoms with Crippen molar-refractivity contribution < 1.29 is 22.7 Å². The van der Waals surface area contributed by atoms with Crippen molar-refractivity contribution in [1.29, 1.82) is 0 Å². The highest BCUT2D eigenvalue weighted by Crippen LogP contribution is 2.24. The summed E-state index contributed by atoms with van der Waals surface area (Å²) in [4.78, 5) is 12.9. The molecular formula is C14H19F3N2O2. The Morgan fingerprint density at radius 3 is 2.33 bits per heavy atom. The Hall–Kier alpha value is -1.76. The van der Waals surface area contributed by atoms with Crippen LogP contribution >= 0.6 is 0 Å². The second kappa shape index (κ2) is 7.31. The van der Waals surface area contributed by atoms with Crippen LogP contribution in [-0.2, 0) is 4.79 Å². The van der Waals surface area contributed by atoms with Gasteiger partial charge < -0.3 is 15.0 Å². The number of amides is 1. The summed E-state index contributed by atoms with van der Waals surface area (Å²) in [5, 5.41) is 3.14. The standard InChI is InChI=1S/C14H19F3N2O2/c1-10(18-9-8-13(20)19(2)3)11-4-6-12(7-5-11)21-14(15,16)17/h4-7,10,18H,8-9H2,1-3H3. The minimum Gasteiger partial charge on any atom is -0.406 e. The van der Waals surface area contributed by atoms with Crippen molar-refractivity contribution in [3.63, 3.8) is 0 Å². The normalized spacial score (nSPS) is 12.9. The molecule has 7 heteroatoms. The molecule has 1 unspecified atom stereocenters. The van der Waals surface area contributed by atoms with Crippen LogP contribution in [0.1, 0.15) is 24.9 Å².